The Balaban J connectivity index is 1.94. The van der Waals surface area contributed by atoms with E-state index in [-0.39, 0.29) is 48.3 Å². The third kappa shape index (κ3) is 6.27. The summed E-state index contributed by atoms with van der Waals surface area (Å²) in [5, 5.41) is 2.72. The second kappa shape index (κ2) is 11.7. The van der Waals surface area contributed by atoms with Crippen molar-refractivity contribution in [2.24, 2.45) is 11.8 Å². The number of benzene rings is 1. The van der Waals surface area contributed by atoms with Gasteiger partial charge in [-0.25, -0.2) is 0 Å². The van der Waals surface area contributed by atoms with E-state index in [1.807, 2.05) is 18.7 Å². The quantitative estimate of drug-likeness (QED) is 0.721. The van der Waals surface area contributed by atoms with Crippen LogP contribution in [0.4, 0.5) is 5.69 Å². The molecule has 3 amide bonds. The molecule has 9 heteroatoms. The molecule has 0 bridgehead atoms. The number of likely N-dealkylation sites (N-methyl/N-ethyl adjacent to an activating group) is 1. The lowest BCUT2D eigenvalue weighted by Gasteiger charge is -2.38. The minimum atomic E-state index is -0.256. The van der Waals surface area contributed by atoms with Crippen LogP contribution in [0.15, 0.2) is 18.2 Å². The van der Waals surface area contributed by atoms with Gasteiger partial charge < -0.3 is 29.3 Å². The molecule has 1 N–H and O–H groups in total. The molecular weight excluding hydrogens is 438 g/mol. The molecular formula is C25H37N3O6. The molecule has 0 aromatic heterocycles. The molecule has 2 aliphatic heterocycles. The zero-order chi connectivity index (χ0) is 24.8. The standard InChI is InChI=1S/C25H37N3O6/c1-16-13-28(24(30)19-8-10-33-11-9-19)17(2)15-34-22-7-6-20(26-18(3)29)12-21(22)25(31)27(4)14-23(16)32-5/h6-7,12,16-17,19,23H,8-11,13-15H2,1-5H3,(H,26,29)/t16-,17+,23-/m0/s1. The first-order chi connectivity index (χ1) is 16.2. The maximum atomic E-state index is 13.5. The van der Waals surface area contributed by atoms with E-state index in [0.29, 0.717) is 43.3 Å². The van der Waals surface area contributed by atoms with E-state index in [4.69, 9.17) is 14.2 Å². The number of carbonyl (C=O) groups is 3. The van der Waals surface area contributed by atoms with Crippen LogP contribution in [-0.2, 0) is 19.1 Å². The molecule has 9 nitrogen and oxygen atoms in total. The Morgan fingerprint density at radius 2 is 1.85 bits per heavy atom. The number of rotatable bonds is 3. The average Bonchev–Trinajstić information content (AvgIpc) is 2.83. The Morgan fingerprint density at radius 1 is 1.15 bits per heavy atom. The van der Waals surface area contributed by atoms with Crippen molar-refractivity contribution in [2.45, 2.75) is 45.8 Å². The van der Waals surface area contributed by atoms with Crippen LogP contribution in [0.2, 0.25) is 0 Å². The number of carbonyl (C=O) groups excluding carboxylic acids is 3. The Morgan fingerprint density at radius 3 is 2.50 bits per heavy atom. The van der Waals surface area contributed by atoms with E-state index in [9.17, 15) is 14.4 Å². The van der Waals surface area contributed by atoms with Gasteiger partial charge >= 0.3 is 0 Å². The molecule has 0 spiro atoms. The highest BCUT2D eigenvalue weighted by atomic mass is 16.5. The van der Waals surface area contributed by atoms with Crippen molar-refractivity contribution in [1.82, 2.24) is 9.80 Å². The predicted octanol–water partition coefficient (Wildman–Crippen LogP) is 2.40. The van der Waals surface area contributed by atoms with Crippen LogP contribution in [0.1, 0.15) is 44.0 Å². The maximum absolute atomic E-state index is 13.5. The van der Waals surface area contributed by atoms with Gasteiger partial charge in [0.1, 0.15) is 12.4 Å². The van der Waals surface area contributed by atoms with Crippen molar-refractivity contribution in [3.05, 3.63) is 23.8 Å². The molecule has 0 saturated carbocycles. The van der Waals surface area contributed by atoms with Gasteiger partial charge in [0.15, 0.2) is 0 Å². The molecule has 188 valence electrons. The van der Waals surface area contributed by atoms with Crippen molar-refractivity contribution in [2.75, 3.05) is 52.4 Å². The summed E-state index contributed by atoms with van der Waals surface area (Å²) in [6.07, 6.45) is 1.18. The summed E-state index contributed by atoms with van der Waals surface area (Å²) in [6, 6.07) is 4.81. The van der Waals surface area contributed by atoms with Gasteiger partial charge in [-0.3, -0.25) is 14.4 Å². The van der Waals surface area contributed by atoms with Crippen molar-refractivity contribution in [3.63, 3.8) is 0 Å². The third-order valence-electron chi connectivity index (χ3n) is 6.62. The van der Waals surface area contributed by atoms with E-state index in [1.54, 1.807) is 37.3 Å². The van der Waals surface area contributed by atoms with Crippen molar-refractivity contribution in [3.8, 4) is 5.75 Å². The number of nitrogens with one attached hydrogen (secondary N) is 1. The average molecular weight is 476 g/mol. The SMILES string of the molecule is CO[C@H]1CN(C)C(=O)c2cc(NC(C)=O)ccc2OC[C@@H](C)N(C(=O)C2CCOCC2)C[C@@H]1C. The van der Waals surface area contributed by atoms with E-state index in [1.165, 1.54) is 6.92 Å². The minimum absolute atomic E-state index is 0.00361. The minimum Gasteiger partial charge on any atom is -0.491 e. The van der Waals surface area contributed by atoms with Gasteiger partial charge in [0.25, 0.3) is 5.91 Å². The lowest BCUT2D eigenvalue weighted by Crippen LogP contribution is -2.50. The topological polar surface area (TPSA) is 97.4 Å². The number of anilines is 1. The van der Waals surface area contributed by atoms with Gasteiger partial charge in [0.2, 0.25) is 11.8 Å². The van der Waals surface area contributed by atoms with E-state index >= 15 is 0 Å². The molecule has 2 heterocycles. The van der Waals surface area contributed by atoms with Crippen LogP contribution in [-0.4, -0.2) is 86.7 Å². The highest BCUT2D eigenvalue weighted by Crippen LogP contribution is 2.27. The normalized spacial score (nSPS) is 25.0. The van der Waals surface area contributed by atoms with Crippen LogP contribution in [0, 0.1) is 11.8 Å². The van der Waals surface area contributed by atoms with Crippen LogP contribution < -0.4 is 10.1 Å². The first-order valence-electron chi connectivity index (χ1n) is 11.9. The van der Waals surface area contributed by atoms with E-state index < -0.39 is 0 Å². The van der Waals surface area contributed by atoms with Crippen LogP contribution in [0.5, 0.6) is 5.75 Å². The first-order valence-corrected chi connectivity index (χ1v) is 11.9. The molecule has 0 aliphatic carbocycles. The largest absolute Gasteiger partial charge is 0.491 e. The van der Waals surface area contributed by atoms with Crippen molar-refractivity contribution >= 4 is 23.4 Å². The molecule has 0 unspecified atom stereocenters. The highest BCUT2D eigenvalue weighted by molar-refractivity contribution is 5.99. The molecule has 1 fully saturated rings. The van der Waals surface area contributed by atoms with Crippen molar-refractivity contribution < 1.29 is 28.6 Å². The van der Waals surface area contributed by atoms with Gasteiger partial charge in [-0.15, -0.1) is 0 Å². The van der Waals surface area contributed by atoms with Gasteiger partial charge in [0.05, 0.1) is 17.7 Å². The van der Waals surface area contributed by atoms with E-state index in [0.717, 1.165) is 12.8 Å². The van der Waals surface area contributed by atoms with Crippen LogP contribution in [0.25, 0.3) is 0 Å². The molecule has 3 rings (SSSR count). The zero-order valence-corrected chi connectivity index (χ0v) is 20.8. The smallest absolute Gasteiger partial charge is 0.257 e. The number of hydrogen-bond donors (Lipinski definition) is 1. The van der Waals surface area contributed by atoms with Gasteiger partial charge in [0, 0.05) is 64.9 Å². The second-order valence-electron chi connectivity index (χ2n) is 9.37. The number of hydrogen-bond acceptors (Lipinski definition) is 6. The number of ether oxygens (including phenoxy) is 3. The van der Waals surface area contributed by atoms with Crippen LogP contribution >= 0.6 is 0 Å². The molecule has 1 aromatic rings. The second-order valence-corrected chi connectivity index (χ2v) is 9.37. The summed E-state index contributed by atoms with van der Waals surface area (Å²) in [5.74, 6) is 0.0200. The Hall–Kier alpha value is -2.65. The highest BCUT2D eigenvalue weighted by Gasteiger charge is 2.33. The fourth-order valence-corrected chi connectivity index (χ4v) is 4.54. The fraction of sp³-hybridized carbons (Fsp3) is 0.640. The zero-order valence-electron chi connectivity index (χ0n) is 20.8. The lowest BCUT2D eigenvalue weighted by atomic mass is 9.95. The maximum Gasteiger partial charge on any atom is 0.257 e. The predicted molar refractivity (Wildman–Crippen MR) is 128 cm³/mol. The van der Waals surface area contributed by atoms with Crippen LogP contribution in [0.3, 0.4) is 0 Å². The Labute approximate surface area is 201 Å². The Kier molecular flexibility index (Phi) is 8.90. The summed E-state index contributed by atoms with van der Waals surface area (Å²) in [5.41, 5.74) is 0.871. The monoisotopic (exact) mass is 475 g/mol. The molecule has 3 atom stereocenters. The van der Waals surface area contributed by atoms with E-state index in [2.05, 4.69) is 5.32 Å². The first kappa shape index (κ1) is 26.0. The summed E-state index contributed by atoms with van der Waals surface area (Å²) >= 11 is 0. The summed E-state index contributed by atoms with van der Waals surface area (Å²) in [7, 11) is 3.35. The molecule has 0 radical (unpaired) electrons. The summed E-state index contributed by atoms with van der Waals surface area (Å²) < 4.78 is 17.3. The fourth-order valence-electron chi connectivity index (χ4n) is 4.54. The van der Waals surface area contributed by atoms with Gasteiger partial charge in [-0.1, -0.05) is 6.92 Å². The third-order valence-corrected chi connectivity index (χ3v) is 6.62. The number of methoxy groups -OCH3 is 1. The summed E-state index contributed by atoms with van der Waals surface area (Å²) in [4.78, 5) is 41.8. The number of amides is 3. The number of nitrogens with zero attached hydrogens (tertiary/aromatic N) is 2. The van der Waals surface area contributed by atoms with Gasteiger partial charge in [-0.2, -0.15) is 0 Å². The van der Waals surface area contributed by atoms with Crippen molar-refractivity contribution in [1.29, 1.82) is 0 Å². The molecule has 34 heavy (non-hydrogen) atoms. The Bertz CT molecular complexity index is 885. The molecule has 1 aromatic carbocycles. The van der Waals surface area contributed by atoms with Gasteiger partial charge in [-0.05, 0) is 38.0 Å². The molecule has 1 saturated heterocycles. The number of fused-ring (bicyclic) bond motifs is 1. The lowest BCUT2D eigenvalue weighted by molar-refractivity contribution is -0.142. The summed E-state index contributed by atoms with van der Waals surface area (Å²) in [6.45, 7) is 7.73. The molecule has 2 aliphatic rings.